The number of ketones is 1. The molecule has 3 rings (SSSR count). The Balaban J connectivity index is 1.71. The molecule has 2 nitrogen and oxygen atoms in total. The molecule has 0 radical (unpaired) electrons. The van der Waals surface area contributed by atoms with Gasteiger partial charge in [-0.05, 0) is 36.4 Å². The molecule has 2 aromatic rings. The summed E-state index contributed by atoms with van der Waals surface area (Å²) < 4.78 is 18.6. The highest BCUT2D eigenvalue weighted by Crippen LogP contribution is 2.26. The third-order valence-corrected chi connectivity index (χ3v) is 3.24. The molecule has 2 aromatic carbocycles. The molecule has 0 fully saturated rings. The van der Waals surface area contributed by atoms with E-state index in [1.165, 1.54) is 24.3 Å². The zero-order chi connectivity index (χ0) is 13.9. The number of halogens is 1. The maximum Gasteiger partial charge on any atom is 0.166 e. The summed E-state index contributed by atoms with van der Waals surface area (Å²) in [5, 5.41) is 0. The highest BCUT2D eigenvalue weighted by atomic mass is 19.1. The molecule has 1 aliphatic heterocycles. The average Bonchev–Trinajstić information content (AvgIpc) is 2.48. The second kappa shape index (κ2) is 5.29. The number of carbonyl (C=O) groups is 1. The Labute approximate surface area is 116 Å². The molecule has 1 unspecified atom stereocenters. The molecule has 1 heterocycles. The number of carbonyl (C=O) groups excluding carboxylic acids is 1. The Kier molecular flexibility index (Phi) is 3.33. The summed E-state index contributed by atoms with van der Waals surface area (Å²) in [6.07, 6.45) is 3.81. The van der Waals surface area contributed by atoms with Gasteiger partial charge in [-0.2, -0.15) is 0 Å². The van der Waals surface area contributed by atoms with Crippen LogP contribution in [0.2, 0.25) is 0 Å². The molecule has 1 atom stereocenters. The van der Waals surface area contributed by atoms with Crippen LogP contribution in [0.15, 0.2) is 54.6 Å². The zero-order valence-corrected chi connectivity index (χ0v) is 10.8. The van der Waals surface area contributed by atoms with Crippen LogP contribution in [0.25, 0.3) is 6.08 Å². The van der Waals surface area contributed by atoms with E-state index in [4.69, 9.17) is 4.74 Å². The lowest BCUT2D eigenvalue weighted by molar-refractivity contribution is 0.0935. The molecule has 0 amide bonds. The molecule has 100 valence electrons. The van der Waals surface area contributed by atoms with Crippen molar-refractivity contribution in [1.82, 2.24) is 0 Å². The van der Waals surface area contributed by atoms with E-state index < -0.39 is 0 Å². The van der Waals surface area contributed by atoms with E-state index in [-0.39, 0.29) is 24.1 Å². The molecule has 0 aromatic heterocycles. The third kappa shape index (κ3) is 2.62. The van der Waals surface area contributed by atoms with E-state index in [1.54, 1.807) is 0 Å². The van der Waals surface area contributed by atoms with Gasteiger partial charge in [-0.3, -0.25) is 4.79 Å². The molecule has 0 bridgehead atoms. The van der Waals surface area contributed by atoms with E-state index in [0.29, 0.717) is 5.56 Å². The SMILES string of the molecule is O=C(CC1C=Cc2ccccc2O1)c1ccc(F)cc1. The van der Waals surface area contributed by atoms with Crippen LogP contribution < -0.4 is 4.74 Å². The monoisotopic (exact) mass is 268 g/mol. The number of rotatable bonds is 3. The first-order valence-electron chi connectivity index (χ1n) is 6.45. The summed E-state index contributed by atoms with van der Waals surface area (Å²) >= 11 is 0. The van der Waals surface area contributed by atoms with Gasteiger partial charge in [0.15, 0.2) is 5.78 Å². The van der Waals surface area contributed by atoms with E-state index >= 15 is 0 Å². The van der Waals surface area contributed by atoms with Crippen LogP contribution in [0.4, 0.5) is 4.39 Å². The third-order valence-electron chi connectivity index (χ3n) is 3.24. The van der Waals surface area contributed by atoms with E-state index in [2.05, 4.69) is 0 Å². The summed E-state index contributed by atoms with van der Waals surface area (Å²) in [6.45, 7) is 0. The van der Waals surface area contributed by atoms with Crippen molar-refractivity contribution in [2.75, 3.05) is 0 Å². The molecule has 0 aliphatic carbocycles. The predicted molar refractivity (Wildman–Crippen MR) is 75.2 cm³/mol. The molecule has 0 spiro atoms. The highest BCUT2D eigenvalue weighted by molar-refractivity contribution is 5.96. The van der Waals surface area contributed by atoms with Crippen molar-refractivity contribution in [2.45, 2.75) is 12.5 Å². The Bertz CT molecular complexity index is 659. The summed E-state index contributed by atoms with van der Waals surface area (Å²) in [6, 6.07) is 13.3. The maximum atomic E-state index is 12.8. The van der Waals surface area contributed by atoms with E-state index in [1.807, 2.05) is 36.4 Å². The van der Waals surface area contributed by atoms with Crippen LogP contribution in [0.1, 0.15) is 22.3 Å². The van der Waals surface area contributed by atoms with Gasteiger partial charge in [0.05, 0.1) is 6.42 Å². The van der Waals surface area contributed by atoms with Crippen LogP contribution in [-0.4, -0.2) is 11.9 Å². The first-order chi connectivity index (χ1) is 9.72. The number of benzene rings is 2. The van der Waals surface area contributed by atoms with E-state index in [0.717, 1.165) is 11.3 Å². The second-order valence-electron chi connectivity index (χ2n) is 4.69. The fourth-order valence-electron chi connectivity index (χ4n) is 2.18. The molecule has 0 saturated carbocycles. The minimum Gasteiger partial charge on any atom is -0.485 e. The lowest BCUT2D eigenvalue weighted by Gasteiger charge is -2.20. The van der Waals surface area contributed by atoms with Crippen molar-refractivity contribution in [3.63, 3.8) is 0 Å². The normalized spacial score (nSPS) is 16.4. The summed E-state index contributed by atoms with van der Waals surface area (Å²) in [4.78, 5) is 12.1. The molecular formula is C17H13FO2. The van der Waals surface area contributed by atoms with Gasteiger partial charge >= 0.3 is 0 Å². The Morgan fingerprint density at radius 2 is 1.85 bits per heavy atom. The fraction of sp³-hybridized carbons (Fsp3) is 0.118. The van der Waals surface area contributed by atoms with Crippen molar-refractivity contribution in [3.05, 3.63) is 71.6 Å². The Morgan fingerprint density at radius 3 is 2.65 bits per heavy atom. The minimum atomic E-state index is -0.343. The van der Waals surface area contributed by atoms with Crippen LogP contribution in [0.5, 0.6) is 5.75 Å². The van der Waals surface area contributed by atoms with Crippen molar-refractivity contribution in [1.29, 1.82) is 0 Å². The first kappa shape index (κ1) is 12.6. The molecule has 20 heavy (non-hydrogen) atoms. The molecule has 3 heteroatoms. The van der Waals surface area contributed by atoms with Crippen molar-refractivity contribution < 1.29 is 13.9 Å². The van der Waals surface area contributed by atoms with Gasteiger partial charge in [0.1, 0.15) is 17.7 Å². The zero-order valence-electron chi connectivity index (χ0n) is 10.8. The van der Waals surface area contributed by atoms with Crippen LogP contribution in [0, 0.1) is 5.82 Å². The van der Waals surface area contributed by atoms with Gasteiger partial charge in [0, 0.05) is 11.1 Å². The van der Waals surface area contributed by atoms with Crippen LogP contribution in [-0.2, 0) is 0 Å². The van der Waals surface area contributed by atoms with Crippen molar-refractivity contribution >= 4 is 11.9 Å². The first-order valence-corrected chi connectivity index (χ1v) is 6.45. The topological polar surface area (TPSA) is 26.3 Å². The number of hydrogen-bond donors (Lipinski definition) is 0. The van der Waals surface area contributed by atoms with Gasteiger partial charge in [-0.25, -0.2) is 4.39 Å². The van der Waals surface area contributed by atoms with Crippen LogP contribution >= 0.6 is 0 Å². The van der Waals surface area contributed by atoms with Gasteiger partial charge in [-0.15, -0.1) is 0 Å². The predicted octanol–water partition coefficient (Wildman–Crippen LogP) is 3.87. The van der Waals surface area contributed by atoms with Gasteiger partial charge in [0.25, 0.3) is 0 Å². The number of ether oxygens (including phenoxy) is 1. The number of hydrogen-bond acceptors (Lipinski definition) is 2. The average molecular weight is 268 g/mol. The maximum absolute atomic E-state index is 12.8. The van der Waals surface area contributed by atoms with E-state index in [9.17, 15) is 9.18 Å². The quantitative estimate of drug-likeness (QED) is 0.790. The van der Waals surface area contributed by atoms with Gasteiger partial charge in [-0.1, -0.05) is 24.3 Å². The fourth-order valence-corrected chi connectivity index (χ4v) is 2.18. The molecule has 1 aliphatic rings. The van der Waals surface area contributed by atoms with Gasteiger partial charge in [0.2, 0.25) is 0 Å². The standard InChI is InChI=1S/C17H13FO2/c18-14-8-5-12(6-9-14)16(19)11-15-10-7-13-3-1-2-4-17(13)20-15/h1-10,15H,11H2. The van der Waals surface area contributed by atoms with Crippen molar-refractivity contribution in [2.24, 2.45) is 0 Å². The largest absolute Gasteiger partial charge is 0.485 e. The smallest absolute Gasteiger partial charge is 0.166 e. The number of fused-ring (bicyclic) bond motifs is 1. The Hall–Kier alpha value is -2.42. The summed E-state index contributed by atoms with van der Waals surface area (Å²) in [7, 11) is 0. The lowest BCUT2D eigenvalue weighted by atomic mass is 10.0. The lowest BCUT2D eigenvalue weighted by Crippen LogP contribution is -2.21. The summed E-state index contributed by atoms with van der Waals surface area (Å²) in [5.41, 5.74) is 1.51. The summed E-state index contributed by atoms with van der Waals surface area (Å²) in [5.74, 6) is 0.384. The minimum absolute atomic E-state index is 0.0565. The second-order valence-corrected chi connectivity index (χ2v) is 4.69. The molecule has 0 N–H and O–H groups in total. The molecular weight excluding hydrogens is 255 g/mol. The number of Topliss-reactive ketones (excluding diaryl/α,β-unsaturated/α-hetero) is 1. The Morgan fingerprint density at radius 1 is 1.10 bits per heavy atom. The van der Waals surface area contributed by atoms with Crippen molar-refractivity contribution in [3.8, 4) is 5.75 Å². The number of para-hydroxylation sites is 1. The van der Waals surface area contributed by atoms with Gasteiger partial charge < -0.3 is 4.74 Å². The van der Waals surface area contributed by atoms with Crippen LogP contribution in [0.3, 0.4) is 0 Å². The highest BCUT2D eigenvalue weighted by Gasteiger charge is 2.18. The molecule has 0 saturated heterocycles.